The molecule has 0 aromatic heterocycles. The number of hydrogen-bond acceptors (Lipinski definition) is 3. The van der Waals surface area contributed by atoms with Crippen LogP contribution in [-0.2, 0) is 11.4 Å². The molecule has 3 aromatic rings. The summed E-state index contributed by atoms with van der Waals surface area (Å²) in [5, 5.41) is 12.3. The standard InChI is InChI=1S/C25H22N2O2/c1-18-11-13-20(14-12-18)17-29-24-10-6-4-8-21(24)15-22(16-26)25(28)27-23-9-5-3-7-19(23)2/h3-15H,17H2,1-2H3,(H,27,28)/b22-15+. The minimum Gasteiger partial charge on any atom is -0.488 e. The fourth-order valence-corrected chi connectivity index (χ4v) is 2.78. The molecule has 0 aliphatic carbocycles. The molecular weight excluding hydrogens is 360 g/mol. The van der Waals surface area contributed by atoms with Crippen LogP contribution < -0.4 is 10.1 Å². The number of benzene rings is 3. The van der Waals surface area contributed by atoms with Gasteiger partial charge in [-0.25, -0.2) is 0 Å². The van der Waals surface area contributed by atoms with Crippen molar-refractivity contribution in [1.82, 2.24) is 0 Å². The Morgan fingerprint density at radius 3 is 2.41 bits per heavy atom. The third-order valence-corrected chi connectivity index (χ3v) is 4.49. The van der Waals surface area contributed by atoms with Crippen LogP contribution in [0.25, 0.3) is 6.08 Å². The van der Waals surface area contributed by atoms with Crippen LogP contribution in [0.5, 0.6) is 5.75 Å². The summed E-state index contributed by atoms with van der Waals surface area (Å²) in [6.45, 7) is 4.35. The van der Waals surface area contributed by atoms with Gasteiger partial charge in [-0.3, -0.25) is 4.79 Å². The molecule has 0 saturated heterocycles. The zero-order valence-electron chi connectivity index (χ0n) is 16.5. The van der Waals surface area contributed by atoms with Crippen molar-refractivity contribution >= 4 is 17.7 Å². The van der Waals surface area contributed by atoms with Crippen molar-refractivity contribution in [3.8, 4) is 11.8 Å². The maximum atomic E-state index is 12.6. The first-order chi connectivity index (χ1) is 14.1. The molecule has 0 saturated carbocycles. The van der Waals surface area contributed by atoms with Gasteiger partial charge >= 0.3 is 0 Å². The summed E-state index contributed by atoms with van der Waals surface area (Å²) >= 11 is 0. The van der Waals surface area contributed by atoms with E-state index in [0.717, 1.165) is 11.1 Å². The van der Waals surface area contributed by atoms with Crippen LogP contribution in [0, 0.1) is 25.2 Å². The summed E-state index contributed by atoms with van der Waals surface area (Å²) in [5.41, 5.74) is 4.54. The quantitative estimate of drug-likeness (QED) is 0.457. The first-order valence-electron chi connectivity index (χ1n) is 9.33. The smallest absolute Gasteiger partial charge is 0.266 e. The van der Waals surface area contributed by atoms with Gasteiger partial charge in [0.2, 0.25) is 0 Å². The second kappa shape index (κ2) is 9.38. The summed E-state index contributed by atoms with van der Waals surface area (Å²) in [7, 11) is 0. The van der Waals surface area contributed by atoms with E-state index in [4.69, 9.17) is 4.74 Å². The third-order valence-electron chi connectivity index (χ3n) is 4.49. The molecule has 1 amide bonds. The van der Waals surface area contributed by atoms with Crippen LogP contribution in [0.15, 0.2) is 78.4 Å². The number of rotatable bonds is 6. The fraction of sp³-hybridized carbons (Fsp3) is 0.120. The lowest BCUT2D eigenvalue weighted by atomic mass is 10.1. The fourth-order valence-electron chi connectivity index (χ4n) is 2.78. The number of carbonyl (C=O) groups excluding carboxylic acids is 1. The van der Waals surface area contributed by atoms with Gasteiger partial charge in [-0.1, -0.05) is 66.2 Å². The number of hydrogen-bond donors (Lipinski definition) is 1. The van der Waals surface area contributed by atoms with Crippen molar-refractivity contribution in [3.05, 3.63) is 101 Å². The minimum atomic E-state index is -0.449. The number of aryl methyl sites for hydroxylation is 2. The molecular formula is C25H22N2O2. The van der Waals surface area contributed by atoms with E-state index in [-0.39, 0.29) is 5.57 Å². The third kappa shape index (κ3) is 5.33. The van der Waals surface area contributed by atoms with Gasteiger partial charge in [0.05, 0.1) is 0 Å². The number of carbonyl (C=O) groups is 1. The van der Waals surface area contributed by atoms with Crippen molar-refractivity contribution in [3.63, 3.8) is 0 Å². The average molecular weight is 382 g/mol. The molecule has 0 bridgehead atoms. The Morgan fingerprint density at radius 2 is 1.69 bits per heavy atom. The zero-order chi connectivity index (χ0) is 20.6. The Balaban J connectivity index is 1.78. The van der Waals surface area contributed by atoms with E-state index in [9.17, 15) is 10.1 Å². The van der Waals surface area contributed by atoms with Gasteiger partial charge in [-0.2, -0.15) is 5.26 Å². The molecule has 0 aliphatic rings. The number of para-hydroxylation sites is 2. The van der Waals surface area contributed by atoms with Gasteiger partial charge in [0.15, 0.2) is 0 Å². The average Bonchev–Trinajstić information content (AvgIpc) is 2.74. The maximum Gasteiger partial charge on any atom is 0.266 e. The number of nitriles is 1. The second-order valence-corrected chi connectivity index (χ2v) is 6.75. The Kier molecular flexibility index (Phi) is 6.44. The highest BCUT2D eigenvalue weighted by Crippen LogP contribution is 2.23. The highest BCUT2D eigenvalue weighted by molar-refractivity contribution is 6.10. The van der Waals surface area contributed by atoms with Crippen LogP contribution in [0.4, 0.5) is 5.69 Å². The molecule has 3 rings (SSSR count). The molecule has 29 heavy (non-hydrogen) atoms. The first kappa shape index (κ1) is 19.9. The summed E-state index contributed by atoms with van der Waals surface area (Å²) < 4.78 is 5.94. The number of ether oxygens (including phenoxy) is 1. The molecule has 0 unspecified atom stereocenters. The zero-order valence-corrected chi connectivity index (χ0v) is 16.5. The predicted molar refractivity (Wildman–Crippen MR) is 115 cm³/mol. The molecule has 0 fully saturated rings. The summed E-state index contributed by atoms with van der Waals surface area (Å²) in [6, 6.07) is 24.9. The number of nitrogens with one attached hydrogen (secondary N) is 1. The monoisotopic (exact) mass is 382 g/mol. The molecule has 4 heteroatoms. The Bertz CT molecular complexity index is 1080. The van der Waals surface area contributed by atoms with E-state index in [0.29, 0.717) is 23.6 Å². The number of amides is 1. The lowest BCUT2D eigenvalue weighted by Crippen LogP contribution is -2.14. The molecule has 0 radical (unpaired) electrons. The first-order valence-corrected chi connectivity index (χ1v) is 9.33. The number of anilines is 1. The Labute approximate surface area is 171 Å². The molecule has 0 atom stereocenters. The van der Waals surface area contributed by atoms with Crippen molar-refractivity contribution in [1.29, 1.82) is 5.26 Å². The van der Waals surface area contributed by atoms with Gasteiger partial charge in [-0.05, 0) is 43.2 Å². The van der Waals surface area contributed by atoms with E-state index < -0.39 is 5.91 Å². The van der Waals surface area contributed by atoms with Crippen molar-refractivity contribution < 1.29 is 9.53 Å². The van der Waals surface area contributed by atoms with Crippen molar-refractivity contribution in [2.24, 2.45) is 0 Å². The highest BCUT2D eigenvalue weighted by Gasteiger charge is 2.12. The molecule has 0 heterocycles. The van der Waals surface area contributed by atoms with Gasteiger partial charge in [0, 0.05) is 11.3 Å². The summed E-state index contributed by atoms with van der Waals surface area (Å²) in [5.74, 6) is 0.166. The summed E-state index contributed by atoms with van der Waals surface area (Å²) in [4.78, 5) is 12.6. The molecule has 1 N–H and O–H groups in total. The van der Waals surface area contributed by atoms with Gasteiger partial charge in [0.1, 0.15) is 24.0 Å². The lowest BCUT2D eigenvalue weighted by molar-refractivity contribution is -0.112. The molecule has 0 spiro atoms. The highest BCUT2D eigenvalue weighted by atomic mass is 16.5. The van der Waals surface area contributed by atoms with E-state index in [1.807, 2.05) is 86.6 Å². The summed E-state index contributed by atoms with van der Waals surface area (Å²) in [6.07, 6.45) is 1.55. The van der Waals surface area contributed by atoms with Crippen molar-refractivity contribution in [2.45, 2.75) is 20.5 Å². The molecule has 3 aromatic carbocycles. The largest absolute Gasteiger partial charge is 0.488 e. The lowest BCUT2D eigenvalue weighted by Gasteiger charge is -2.11. The SMILES string of the molecule is Cc1ccc(COc2ccccc2/C=C(\C#N)C(=O)Nc2ccccc2C)cc1. The normalized spacial score (nSPS) is 10.9. The van der Waals surface area contributed by atoms with E-state index >= 15 is 0 Å². The Morgan fingerprint density at radius 1 is 1.00 bits per heavy atom. The van der Waals surface area contributed by atoms with Crippen LogP contribution in [0.2, 0.25) is 0 Å². The maximum absolute atomic E-state index is 12.6. The van der Waals surface area contributed by atoms with Crippen LogP contribution >= 0.6 is 0 Å². The van der Waals surface area contributed by atoms with Crippen LogP contribution in [0.1, 0.15) is 22.3 Å². The minimum absolute atomic E-state index is 0.0136. The molecule has 144 valence electrons. The predicted octanol–water partition coefficient (Wildman–Crippen LogP) is 5.43. The van der Waals surface area contributed by atoms with Gasteiger partial charge in [0.25, 0.3) is 5.91 Å². The van der Waals surface area contributed by atoms with Gasteiger partial charge in [-0.15, -0.1) is 0 Å². The van der Waals surface area contributed by atoms with E-state index in [1.165, 1.54) is 5.56 Å². The Hall–Kier alpha value is -3.84. The van der Waals surface area contributed by atoms with Gasteiger partial charge < -0.3 is 10.1 Å². The molecule has 0 aliphatic heterocycles. The van der Waals surface area contributed by atoms with E-state index in [2.05, 4.69) is 5.32 Å². The second-order valence-electron chi connectivity index (χ2n) is 6.75. The van der Waals surface area contributed by atoms with E-state index in [1.54, 1.807) is 12.1 Å². The van der Waals surface area contributed by atoms with Crippen LogP contribution in [0.3, 0.4) is 0 Å². The number of nitrogens with zero attached hydrogens (tertiary/aromatic N) is 1. The topological polar surface area (TPSA) is 62.1 Å². The molecule has 4 nitrogen and oxygen atoms in total. The van der Waals surface area contributed by atoms with Crippen molar-refractivity contribution in [2.75, 3.05) is 5.32 Å². The van der Waals surface area contributed by atoms with Crippen LogP contribution in [-0.4, -0.2) is 5.91 Å².